The largest absolute Gasteiger partial charge is 0.303 e. The summed E-state index contributed by atoms with van der Waals surface area (Å²) >= 11 is 0. The van der Waals surface area contributed by atoms with Crippen LogP contribution in [0.2, 0.25) is 0 Å². The van der Waals surface area contributed by atoms with Crippen LogP contribution in [0, 0.1) is 17.1 Å². The Morgan fingerprint density at radius 1 is 1.24 bits per heavy atom. The number of nitriles is 1. The lowest BCUT2D eigenvalue weighted by molar-refractivity contribution is -0.108. The molecule has 0 bridgehead atoms. The Kier molecular flexibility index (Phi) is 9.33. The summed E-state index contributed by atoms with van der Waals surface area (Å²) < 4.78 is 13.6. The van der Waals surface area contributed by atoms with Crippen LogP contribution in [0.15, 0.2) is 55.6 Å². The van der Waals surface area contributed by atoms with Crippen LogP contribution in [0.5, 0.6) is 0 Å². The molecule has 5 heteroatoms. The van der Waals surface area contributed by atoms with Gasteiger partial charge in [0.25, 0.3) is 0 Å². The molecule has 2 aromatic rings. The van der Waals surface area contributed by atoms with Crippen molar-refractivity contribution in [3.05, 3.63) is 89.3 Å². The molecular formula is C29H34FN3O. The van der Waals surface area contributed by atoms with Gasteiger partial charge in [-0.15, -0.1) is 6.58 Å². The Morgan fingerprint density at radius 2 is 2.00 bits per heavy atom. The molecule has 0 amide bonds. The third-order valence-electron chi connectivity index (χ3n) is 6.84. The topological polar surface area (TPSA) is 47.3 Å². The van der Waals surface area contributed by atoms with Crippen molar-refractivity contribution in [3.63, 3.8) is 0 Å². The average molecular weight is 460 g/mol. The standard InChI is InChI=1S/C29H34FN3O/c1-4-23-9-10-25(18-27(23)21-32(3)28(5-2)7-6-16-34)24-12-14-33(15-13-24)20-22-8-11-29(30)26(17-22)19-31/h4-5,8-11,16-18,24,28H,1-2,6-7,12-15,20-21H2,3H3. The van der Waals surface area contributed by atoms with Crippen LogP contribution in [-0.4, -0.2) is 42.3 Å². The Bertz CT molecular complexity index is 1050. The number of halogens is 1. The summed E-state index contributed by atoms with van der Waals surface area (Å²) in [4.78, 5) is 15.4. The minimum atomic E-state index is -0.461. The van der Waals surface area contributed by atoms with Crippen LogP contribution in [0.4, 0.5) is 4.39 Å². The predicted octanol–water partition coefficient (Wildman–Crippen LogP) is 5.69. The van der Waals surface area contributed by atoms with Crippen molar-refractivity contribution >= 4 is 12.4 Å². The molecule has 1 unspecified atom stereocenters. The fraction of sp³-hybridized carbons (Fsp3) is 0.379. The molecule has 0 radical (unpaired) electrons. The summed E-state index contributed by atoms with van der Waals surface area (Å²) in [6, 6.07) is 13.6. The number of rotatable bonds is 11. The van der Waals surface area contributed by atoms with E-state index < -0.39 is 5.82 Å². The number of likely N-dealkylation sites (N-methyl/N-ethyl adjacent to an activating group) is 1. The Labute approximate surface area is 203 Å². The fourth-order valence-electron chi connectivity index (χ4n) is 4.80. The fourth-order valence-corrected chi connectivity index (χ4v) is 4.80. The maximum atomic E-state index is 13.6. The Balaban J connectivity index is 1.64. The van der Waals surface area contributed by atoms with Gasteiger partial charge in [-0.3, -0.25) is 9.80 Å². The predicted molar refractivity (Wildman–Crippen MR) is 136 cm³/mol. The number of hydrogen-bond donors (Lipinski definition) is 0. The molecule has 2 aromatic carbocycles. The highest BCUT2D eigenvalue weighted by Crippen LogP contribution is 2.31. The summed E-state index contributed by atoms with van der Waals surface area (Å²) in [5.74, 6) is 0.0323. The second-order valence-electron chi connectivity index (χ2n) is 9.10. The molecule has 0 spiro atoms. The summed E-state index contributed by atoms with van der Waals surface area (Å²) in [5.41, 5.74) is 4.81. The van der Waals surface area contributed by atoms with Gasteiger partial charge in [0.15, 0.2) is 0 Å². The van der Waals surface area contributed by atoms with Crippen molar-refractivity contribution in [1.82, 2.24) is 9.80 Å². The second-order valence-corrected chi connectivity index (χ2v) is 9.10. The molecule has 1 aliphatic rings. The number of carbonyl (C=O) groups is 1. The summed E-state index contributed by atoms with van der Waals surface area (Å²) in [6.07, 6.45) is 8.20. The van der Waals surface area contributed by atoms with Crippen LogP contribution >= 0.6 is 0 Å². The molecule has 3 rings (SSSR count). The van der Waals surface area contributed by atoms with E-state index in [1.165, 1.54) is 17.2 Å². The third-order valence-corrected chi connectivity index (χ3v) is 6.84. The van der Waals surface area contributed by atoms with E-state index in [9.17, 15) is 9.18 Å². The maximum absolute atomic E-state index is 13.6. The van der Waals surface area contributed by atoms with Crippen LogP contribution in [0.3, 0.4) is 0 Å². The van der Waals surface area contributed by atoms with Gasteiger partial charge in [-0.1, -0.05) is 43.0 Å². The minimum Gasteiger partial charge on any atom is -0.303 e. The molecule has 34 heavy (non-hydrogen) atoms. The van der Waals surface area contributed by atoms with Gasteiger partial charge in [0.1, 0.15) is 18.2 Å². The van der Waals surface area contributed by atoms with Gasteiger partial charge in [-0.05, 0) is 79.7 Å². The van der Waals surface area contributed by atoms with Crippen molar-refractivity contribution in [1.29, 1.82) is 5.26 Å². The average Bonchev–Trinajstić information content (AvgIpc) is 2.86. The highest BCUT2D eigenvalue weighted by Gasteiger charge is 2.22. The maximum Gasteiger partial charge on any atom is 0.140 e. The molecule has 1 aliphatic heterocycles. The molecule has 0 aliphatic carbocycles. The first kappa shape index (κ1) is 25.6. The lowest BCUT2D eigenvalue weighted by Crippen LogP contribution is -2.32. The first-order valence-corrected chi connectivity index (χ1v) is 11.9. The van der Waals surface area contributed by atoms with Crippen molar-refractivity contribution in [2.75, 3.05) is 20.1 Å². The molecule has 1 heterocycles. The molecule has 1 fully saturated rings. The van der Waals surface area contributed by atoms with E-state index in [1.807, 2.05) is 18.2 Å². The van der Waals surface area contributed by atoms with Crippen molar-refractivity contribution in [2.45, 2.75) is 50.7 Å². The quantitative estimate of drug-likeness (QED) is 0.320. The summed E-state index contributed by atoms with van der Waals surface area (Å²) in [6.45, 7) is 11.4. The van der Waals surface area contributed by atoms with E-state index in [0.29, 0.717) is 12.3 Å². The van der Waals surface area contributed by atoms with E-state index in [2.05, 4.69) is 48.2 Å². The number of carbonyl (C=O) groups excluding carboxylic acids is 1. The van der Waals surface area contributed by atoms with E-state index in [0.717, 1.165) is 62.9 Å². The number of aldehydes is 1. The number of nitrogens with zero attached hydrogens (tertiary/aromatic N) is 3. The smallest absolute Gasteiger partial charge is 0.140 e. The van der Waals surface area contributed by atoms with Crippen molar-refractivity contribution in [3.8, 4) is 6.07 Å². The van der Waals surface area contributed by atoms with E-state index in [-0.39, 0.29) is 11.6 Å². The van der Waals surface area contributed by atoms with Gasteiger partial charge in [0.05, 0.1) is 5.56 Å². The van der Waals surface area contributed by atoms with E-state index in [4.69, 9.17) is 5.26 Å². The lowest BCUT2D eigenvalue weighted by atomic mass is 9.87. The zero-order chi connectivity index (χ0) is 24.5. The number of piperidine rings is 1. The Hall–Kier alpha value is -3.07. The lowest BCUT2D eigenvalue weighted by Gasteiger charge is -2.33. The normalized spacial score (nSPS) is 15.6. The third kappa shape index (κ3) is 6.50. The van der Waals surface area contributed by atoms with E-state index >= 15 is 0 Å². The number of likely N-dealkylation sites (tertiary alicyclic amines) is 1. The van der Waals surface area contributed by atoms with Gasteiger partial charge in [-0.2, -0.15) is 5.26 Å². The van der Waals surface area contributed by atoms with Gasteiger partial charge in [0.2, 0.25) is 0 Å². The molecule has 1 atom stereocenters. The van der Waals surface area contributed by atoms with Crippen molar-refractivity contribution in [2.24, 2.45) is 0 Å². The monoisotopic (exact) mass is 459 g/mol. The van der Waals surface area contributed by atoms with Crippen LogP contribution in [-0.2, 0) is 17.9 Å². The zero-order valence-corrected chi connectivity index (χ0v) is 20.0. The molecule has 0 saturated carbocycles. The highest BCUT2D eigenvalue weighted by atomic mass is 19.1. The van der Waals surface area contributed by atoms with Gasteiger partial charge in [0, 0.05) is 25.6 Å². The van der Waals surface area contributed by atoms with Gasteiger partial charge in [-0.25, -0.2) is 4.39 Å². The summed E-state index contributed by atoms with van der Waals surface area (Å²) in [7, 11) is 2.07. The molecule has 0 aromatic heterocycles. The second kappa shape index (κ2) is 12.4. The zero-order valence-electron chi connectivity index (χ0n) is 20.0. The van der Waals surface area contributed by atoms with Crippen LogP contribution < -0.4 is 0 Å². The molecule has 178 valence electrons. The molecule has 4 nitrogen and oxygen atoms in total. The van der Waals surface area contributed by atoms with Gasteiger partial charge >= 0.3 is 0 Å². The van der Waals surface area contributed by atoms with Crippen LogP contribution in [0.1, 0.15) is 59.4 Å². The van der Waals surface area contributed by atoms with Crippen molar-refractivity contribution < 1.29 is 9.18 Å². The SMILES string of the molecule is C=Cc1ccc(C2CCN(Cc3ccc(F)c(C#N)c3)CC2)cc1CN(C)C(C=C)CCC=O. The van der Waals surface area contributed by atoms with Gasteiger partial charge < -0.3 is 4.79 Å². The first-order valence-electron chi connectivity index (χ1n) is 11.9. The molecule has 1 saturated heterocycles. The Morgan fingerprint density at radius 3 is 2.65 bits per heavy atom. The minimum absolute atomic E-state index is 0.108. The molecule has 0 N–H and O–H groups in total. The number of benzene rings is 2. The highest BCUT2D eigenvalue weighted by molar-refractivity contribution is 5.53. The van der Waals surface area contributed by atoms with Crippen LogP contribution in [0.25, 0.3) is 6.08 Å². The van der Waals surface area contributed by atoms with E-state index in [1.54, 1.807) is 12.1 Å². The summed E-state index contributed by atoms with van der Waals surface area (Å²) in [5, 5.41) is 9.07. The first-order chi connectivity index (χ1) is 16.5. The molecular weight excluding hydrogens is 425 g/mol. The number of hydrogen-bond acceptors (Lipinski definition) is 4.